The highest BCUT2D eigenvalue weighted by atomic mass is 16.5. The minimum atomic E-state index is 0.570. The molecule has 0 radical (unpaired) electrons. The number of hydrogen-bond acceptors (Lipinski definition) is 3. The molecule has 1 rings (SSSR count). The largest absolute Gasteiger partial charge is 0.497 e. The van der Waals surface area contributed by atoms with E-state index in [9.17, 15) is 0 Å². The molecule has 0 amide bonds. The van der Waals surface area contributed by atoms with Crippen LogP contribution in [-0.2, 0) is 6.42 Å². The van der Waals surface area contributed by atoms with Crippen molar-refractivity contribution >= 4 is 0 Å². The third-order valence-electron chi connectivity index (χ3n) is 2.92. The van der Waals surface area contributed by atoms with Gasteiger partial charge in [-0.15, -0.1) is 0 Å². The number of methoxy groups -OCH3 is 2. The molecule has 3 heteroatoms. The molecule has 0 saturated carbocycles. The topological polar surface area (TPSA) is 30.5 Å². The lowest BCUT2D eigenvalue weighted by molar-refractivity contribution is 0.390. The summed E-state index contributed by atoms with van der Waals surface area (Å²) in [5.74, 6) is 1.77. The Bertz CT molecular complexity index is 350. The van der Waals surface area contributed by atoms with Crippen molar-refractivity contribution in [2.75, 3.05) is 20.8 Å². The lowest BCUT2D eigenvalue weighted by atomic mass is 10.1. The third kappa shape index (κ3) is 4.96. The summed E-state index contributed by atoms with van der Waals surface area (Å²) in [7, 11) is 3.38. The molecule has 0 fully saturated rings. The van der Waals surface area contributed by atoms with Gasteiger partial charge in [0.1, 0.15) is 11.5 Å². The third-order valence-corrected chi connectivity index (χ3v) is 2.92. The molecule has 0 spiro atoms. The van der Waals surface area contributed by atoms with E-state index in [1.807, 2.05) is 12.1 Å². The predicted octanol–water partition coefficient (Wildman–Crippen LogP) is 3.02. The Morgan fingerprint density at radius 2 is 1.89 bits per heavy atom. The lowest BCUT2D eigenvalue weighted by Crippen LogP contribution is -2.23. The van der Waals surface area contributed by atoms with E-state index in [2.05, 4.69) is 25.2 Å². The van der Waals surface area contributed by atoms with Crippen LogP contribution in [0.4, 0.5) is 0 Å². The Kier molecular flexibility index (Phi) is 6.58. The smallest absolute Gasteiger partial charge is 0.125 e. The molecule has 0 aliphatic heterocycles. The van der Waals surface area contributed by atoms with Gasteiger partial charge in [-0.1, -0.05) is 19.9 Å². The highest BCUT2D eigenvalue weighted by Crippen LogP contribution is 2.25. The van der Waals surface area contributed by atoms with Crippen molar-refractivity contribution in [3.8, 4) is 11.5 Å². The van der Waals surface area contributed by atoms with Crippen LogP contribution in [0.3, 0.4) is 0 Å². The molecule has 18 heavy (non-hydrogen) atoms. The van der Waals surface area contributed by atoms with Gasteiger partial charge in [-0.2, -0.15) is 0 Å². The monoisotopic (exact) mass is 251 g/mol. The van der Waals surface area contributed by atoms with Crippen LogP contribution in [0.1, 0.15) is 32.3 Å². The molecule has 0 heterocycles. The van der Waals surface area contributed by atoms with Gasteiger partial charge >= 0.3 is 0 Å². The molecule has 0 bridgehead atoms. The Morgan fingerprint density at radius 1 is 1.11 bits per heavy atom. The standard InChI is InChI=1S/C15H25NO2/c1-12(2)16-10-6-5-7-13-8-9-14(17-3)11-15(13)18-4/h8-9,11-12,16H,5-7,10H2,1-4H3. The fourth-order valence-electron chi connectivity index (χ4n) is 1.89. The Labute approximate surface area is 110 Å². The second-order valence-corrected chi connectivity index (χ2v) is 4.74. The summed E-state index contributed by atoms with van der Waals surface area (Å²) in [4.78, 5) is 0. The first-order chi connectivity index (χ1) is 8.67. The number of aryl methyl sites for hydroxylation is 1. The van der Waals surface area contributed by atoms with Crippen LogP contribution in [0.25, 0.3) is 0 Å². The lowest BCUT2D eigenvalue weighted by Gasteiger charge is -2.11. The van der Waals surface area contributed by atoms with E-state index in [1.54, 1.807) is 14.2 Å². The molecule has 0 aliphatic rings. The van der Waals surface area contributed by atoms with Crippen LogP contribution in [0, 0.1) is 0 Å². The van der Waals surface area contributed by atoms with Crippen LogP contribution >= 0.6 is 0 Å². The van der Waals surface area contributed by atoms with Crippen molar-refractivity contribution in [2.45, 2.75) is 39.2 Å². The van der Waals surface area contributed by atoms with Gasteiger partial charge in [0.15, 0.2) is 0 Å². The molecule has 0 saturated heterocycles. The number of rotatable bonds is 8. The molecule has 1 aromatic carbocycles. The quantitative estimate of drug-likeness (QED) is 0.720. The first-order valence-corrected chi connectivity index (χ1v) is 6.61. The van der Waals surface area contributed by atoms with Crippen molar-refractivity contribution < 1.29 is 9.47 Å². The molecule has 3 nitrogen and oxygen atoms in total. The van der Waals surface area contributed by atoms with E-state index in [1.165, 1.54) is 18.4 Å². The normalized spacial score (nSPS) is 10.7. The van der Waals surface area contributed by atoms with Gasteiger partial charge in [0.2, 0.25) is 0 Å². The second kappa shape index (κ2) is 7.98. The maximum atomic E-state index is 5.39. The van der Waals surface area contributed by atoms with Gasteiger partial charge in [-0.3, -0.25) is 0 Å². The highest BCUT2D eigenvalue weighted by molar-refractivity contribution is 5.40. The molecular weight excluding hydrogens is 226 g/mol. The van der Waals surface area contributed by atoms with Crippen LogP contribution < -0.4 is 14.8 Å². The Balaban J connectivity index is 2.41. The summed E-state index contributed by atoms with van der Waals surface area (Å²) in [6, 6.07) is 6.60. The Morgan fingerprint density at radius 3 is 2.50 bits per heavy atom. The average Bonchev–Trinajstić information content (AvgIpc) is 2.38. The minimum absolute atomic E-state index is 0.570. The maximum Gasteiger partial charge on any atom is 0.125 e. The summed E-state index contributed by atoms with van der Waals surface area (Å²) in [6.45, 7) is 5.43. The van der Waals surface area contributed by atoms with Gasteiger partial charge in [0.05, 0.1) is 14.2 Å². The first kappa shape index (κ1) is 14.8. The Hall–Kier alpha value is -1.22. The summed E-state index contributed by atoms with van der Waals surface area (Å²) in [5, 5.41) is 3.43. The zero-order valence-electron chi connectivity index (χ0n) is 12.0. The molecular formula is C15H25NO2. The van der Waals surface area contributed by atoms with Crippen molar-refractivity contribution in [1.29, 1.82) is 0 Å². The molecule has 1 aromatic rings. The molecule has 0 atom stereocenters. The van der Waals surface area contributed by atoms with E-state index in [0.29, 0.717) is 6.04 Å². The first-order valence-electron chi connectivity index (χ1n) is 6.61. The summed E-state index contributed by atoms with van der Waals surface area (Å²) >= 11 is 0. The summed E-state index contributed by atoms with van der Waals surface area (Å²) in [6.07, 6.45) is 3.41. The zero-order valence-corrected chi connectivity index (χ0v) is 12.0. The van der Waals surface area contributed by atoms with E-state index in [4.69, 9.17) is 9.47 Å². The SMILES string of the molecule is COc1ccc(CCCCNC(C)C)c(OC)c1. The van der Waals surface area contributed by atoms with Gasteiger partial charge in [0.25, 0.3) is 0 Å². The number of unbranched alkanes of at least 4 members (excludes halogenated alkanes) is 1. The van der Waals surface area contributed by atoms with E-state index < -0.39 is 0 Å². The van der Waals surface area contributed by atoms with Crippen molar-refractivity contribution in [2.24, 2.45) is 0 Å². The van der Waals surface area contributed by atoms with Gasteiger partial charge < -0.3 is 14.8 Å². The van der Waals surface area contributed by atoms with E-state index in [-0.39, 0.29) is 0 Å². The maximum absolute atomic E-state index is 5.39. The number of ether oxygens (including phenoxy) is 2. The molecule has 1 N–H and O–H groups in total. The molecule has 0 aliphatic carbocycles. The van der Waals surface area contributed by atoms with E-state index >= 15 is 0 Å². The molecule has 102 valence electrons. The minimum Gasteiger partial charge on any atom is -0.497 e. The van der Waals surface area contributed by atoms with Gasteiger partial charge in [-0.05, 0) is 37.4 Å². The molecule has 0 unspecified atom stereocenters. The van der Waals surface area contributed by atoms with Crippen molar-refractivity contribution in [3.63, 3.8) is 0 Å². The fourth-order valence-corrected chi connectivity index (χ4v) is 1.89. The van der Waals surface area contributed by atoms with Crippen LogP contribution in [0.15, 0.2) is 18.2 Å². The number of nitrogens with one attached hydrogen (secondary N) is 1. The summed E-state index contributed by atoms with van der Waals surface area (Å²) < 4.78 is 10.6. The number of benzene rings is 1. The average molecular weight is 251 g/mol. The fraction of sp³-hybridized carbons (Fsp3) is 0.600. The van der Waals surface area contributed by atoms with Gasteiger partial charge in [0, 0.05) is 12.1 Å². The van der Waals surface area contributed by atoms with Crippen LogP contribution in [0.2, 0.25) is 0 Å². The van der Waals surface area contributed by atoms with Crippen LogP contribution in [-0.4, -0.2) is 26.8 Å². The van der Waals surface area contributed by atoms with Gasteiger partial charge in [-0.25, -0.2) is 0 Å². The van der Waals surface area contributed by atoms with Crippen molar-refractivity contribution in [3.05, 3.63) is 23.8 Å². The highest BCUT2D eigenvalue weighted by Gasteiger charge is 2.04. The summed E-state index contributed by atoms with van der Waals surface area (Å²) in [5.41, 5.74) is 1.25. The number of hydrogen-bond donors (Lipinski definition) is 1. The zero-order chi connectivity index (χ0) is 13.4. The molecule has 0 aromatic heterocycles. The van der Waals surface area contributed by atoms with Crippen LogP contribution in [0.5, 0.6) is 11.5 Å². The van der Waals surface area contributed by atoms with Crippen molar-refractivity contribution in [1.82, 2.24) is 5.32 Å². The second-order valence-electron chi connectivity index (χ2n) is 4.74. The predicted molar refractivity (Wildman–Crippen MR) is 75.6 cm³/mol. The van der Waals surface area contributed by atoms with E-state index in [0.717, 1.165) is 24.5 Å².